The van der Waals surface area contributed by atoms with Crippen LogP contribution in [0.15, 0.2) is 65.2 Å². The van der Waals surface area contributed by atoms with E-state index in [1.807, 2.05) is 79.4 Å². The van der Waals surface area contributed by atoms with Crippen molar-refractivity contribution in [3.63, 3.8) is 0 Å². The summed E-state index contributed by atoms with van der Waals surface area (Å²) in [6.45, 7) is 5.53. The lowest BCUT2D eigenvalue weighted by atomic mass is 9.75. The number of hydrogen-bond donors (Lipinski definition) is 1. The highest BCUT2D eigenvalue weighted by Gasteiger charge is 2.44. The number of hydrogen-bond acceptors (Lipinski definition) is 4. The molecule has 1 aromatic heterocycles. The van der Waals surface area contributed by atoms with E-state index in [1.165, 1.54) is 0 Å². The van der Waals surface area contributed by atoms with Gasteiger partial charge in [0.25, 0.3) is 0 Å². The van der Waals surface area contributed by atoms with Gasteiger partial charge in [0.2, 0.25) is 11.8 Å². The average Bonchev–Trinajstić information content (AvgIpc) is 3.28. The van der Waals surface area contributed by atoms with E-state index in [0.717, 1.165) is 28.8 Å². The van der Waals surface area contributed by atoms with Crippen LogP contribution >= 0.6 is 0 Å². The SMILES string of the molecule is CCNC(=O)[C@@]1(Cc2cc(-c3ccccc3)no2)CCCN(C(=O)Cc2cccc(C)c2)C1. The fraction of sp³-hybridized carbons (Fsp3) is 0.370. The number of benzene rings is 2. The van der Waals surface area contributed by atoms with Crippen LogP contribution in [-0.2, 0) is 22.4 Å². The van der Waals surface area contributed by atoms with Gasteiger partial charge in [0.15, 0.2) is 0 Å². The van der Waals surface area contributed by atoms with Crippen molar-refractivity contribution in [2.45, 2.75) is 39.5 Å². The van der Waals surface area contributed by atoms with Crippen molar-refractivity contribution in [2.24, 2.45) is 5.41 Å². The molecular formula is C27H31N3O3. The molecule has 0 saturated carbocycles. The molecule has 1 fully saturated rings. The van der Waals surface area contributed by atoms with Gasteiger partial charge in [-0.05, 0) is 32.3 Å². The van der Waals surface area contributed by atoms with Gasteiger partial charge in [-0.1, -0.05) is 65.3 Å². The number of amides is 2. The first-order chi connectivity index (χ1) is 16.0. The van der Waals surface area contributed by atoms with Crippen LogP contribution in [0.2, 0.25) is 0 Å². The molecule has 1 aliphatic heterocycles. The first kappa shape index (κ1) is 22.8. The molecule has 3 aromatic rings. The number of carbonyl (C=O) groups is 2. The summed E-state index contributed by atoms with van der Waals surface area (Å²) in [7, 11) is 0. The Kier molecular flexibility index (Phi) is 6.92. The van der Waals surface area contributed by atoms with Crippen LogP contribution in [-0.4, -0.2) is 41.5 Å². The number of aryl methyl sites for hydroxylation is 1. The molecule has 4 rings (SSSR count). The first-order valence-electron chi connectivity index (χ1n) is 11.6. The maximum absolute atomic E-state index is 13.3. The van der Waals surface area contributed by atoms with Crippen LogP contribution in [0.3, 0.4) is 0 Å². The summed E-state index contributed by atoms with van der Waals surface area (Å²) in [6.07, 6.45) is 2.23. The Bertz CT molecular complexity index is 1110. The third kappa shape index (κ3) is 5.33. The molecule has 0 aliphatic carbocycles. The summed E-state index contributed by atoms with van der Waals surface area (Å²) in [6, 6.07) is 19.8. The normalized spacial score (nSPS) is 18.2. The predicted molar refractivity (Wildman–Crippen MR) is 127 cm³/mol. The number of aromatic nitrogens is 1. The topological polar surface area (TPSA) is 75.4 Å². The number of nitrogens with one attached hydrogen (secondary N) is 1. The second-order valence-corrected chi connectivity index (χ2v) is 8.95. The van der Waals surface area contributed by atoms with E-state index < -0.39 is 5.41 Å². The lowest BCUT2D eigenvalue weighted by molar-refractivity contribution is -0.141. The maximum Gasteiger partial charge on any atom is 0.228 e. The maximum atomic E-state index is 13.3. The van der Waals surface area contributed by atoms with E-state index in [9.17, 15) is 9.59 Å². The van der Waals surface area contributed by atoms with Gasteiger partial charge in [0, 0.05) is 37.7 Å². The Morgan fingerprint density at radius 3 is 2.70 bits per heavy atom. The van der Waals surface area contributed by atoms with Crippen LogP contribution in [0.1, 0.15) is 36.7 Å². The lowest BCUT2D eigenvalue weighted by Gasteiger charge is -2.41. The molecule has 1 atom stereocenters. The van der Waals surface area contributed by atoms with Gasteiger partial charge < -0.3 is 14.7 Å². The van der Waals surface area contributed by atoms with E-state index in [1.54, 1.807) is 0 Å². The van der Waals surface area contributed by atoms with Crippen LogP contribution in [0.4, 0.5) is 0 Å². The highest BCUT2D eigenvalue weighted by atomic mass is 16.5. The van der Waals surface area contributed by atoms with Gasteiger partial charge in [-0.3, -0.25) is 9.59 Å². The minimum absolute atomic E-state index is 0.0317. The number of carbonyl (C=O) groups excluding carboxylic acids is 2. The second-order valence-electron chi connectivity index (χ2n) is 8.95. The standard InChI is InChI=1S/C27H31N3O3/c1-3-28-26(32)27(18-23-17-24(29-33-23)22-11-5-4-6-12-22)13-8-14-30(19-27)25(31)16-21-10-7-9-20(2)15-21/h4-7,9-12,15,17H,3,8,13-14,16,18-19H2,1-2H3,(H,28,32)/t27-/m1/s1. The largest absolute Gasteiger partial charge is 0.361 e. The van der Waals surface area contributed by atoms with Gasteiger partial charge in [0.1, 0.15) is 11.5 Å². The smallest absolute Gasteiger partial charge is 0.228 e. The molecule has 33 heavy (non-hydrogen) atoms. The van der Waals surface area contributed by atoms with Crippen molar-refractivity contribution in [1.29, 1.82) is 0 Å². The van der Waals surface area contributed by atoms with Crippen molar-refractivity contribution in [3.05, 3.63) is 77.6 Å². The van der Waals surface area contributed by atoms with Crippen LogP contribution < -0.4 is 5.32 Å². The fourth-order valence-electron chi connectivity index (χ4n) is 4.69. The quantitative estimate of drug-likeness (QED) is 0.592. The summed E-state index contributed by atoms with van der Waals surface area (Å²) < 4.78 is 5.65. The minimum atomic E-state index is -0.732. The molecule has 2 aromatic carbocycles. The Hall–Kier alpha value is -3.41. The minimum Gasteiger partial charge on any atom is -0.361 e. The average molecular weight is 446 g/mol. The van der Waals surface area contributed by atoms with E-state index in [4.69, 9.17) is 4.52 Å². The zero-order valence-electron chi connectivity index (χ0n) is 19.3. The van der Waals surface area contributed by atoms with Gasteiger partial charge in [0.05, 0.1) is 11.8 Å². The third-order valence-corrected chi connectivity index (χ3v) is 6.33. The van der Waals surface area contributed by atoms with Gasteiger partial charge in [-0.2, -0.15) is 0 Å². The number of rotatable bonds is 7. The summed E-state index contributed by atoms with van der Waals surface area (Å²) in [5, 5.41) is 7.21. The van der Waals surface area contributed by atoms with Gasteiger partial charge >= 0.3 is 0 Å². The summed E-state index contributed by atoms with van der Waals surface area (Å²) in [4.78, 5) is 28.3. The molecule has 6 nitrogen and oxygen atoms in total. The van der Waals surface area contributed by atoms with Crippen molar-refractivity contribution >= 4 is 11.8 Å². The zero-order chi connectivity index (χ0) is 23.3. The number of piperidine rings is 1. The van der Waals surface area contributed by atoms with E-state index in [-0.39, 0.29) is 11.8 Å². The summed E-state index contributed by atoms with van der Waals surface area (Å²) in [5.74, 6) is 0.681. The predicted octanol–water partition coefficient (Wildman–Crippen LogP) is 4.18. The van der Waals surface area contributed by atoms with Crippen molar-refractivity contribution in [2.75, 3.05) is 19.6 Å². The monoisotopic (exact) mass is 445 g/mol. The molecule has 6 heteroatoms. The van der Waals surface area contributed by atoms with Crippen LogP contribution in [0.25, 0.3) is 11.3 Å². The molecule has 172 valence electrons. The Labute approximate surface area is 195 Å². The first-order valence-corrected chi connectivity index (χ1v) is 11.6. The van der Waals surface area contributed by atoms with Crippen LogP contribution in [0, 0.1) is 12.3 Å². The number of likely N-dealkylation sites (tertiary alicyclic amines) is 1. The molecule has 2 heterocycles. The lowest BCUT2D eigenvalue weighted by Crippen LogP contribution is -2.54. The van der Waals surface area contributed by atoms with Crippen LogP contribution in [0.5, 0.6) is 0 Å². The van der Waals surface area contributed by atoms with E-state index in [2.05, 4.69) is 10.5 Å². The highest BCUT2D eigenvalue weighted by Crippen LogP contribution is 2.35. The molecule has 1 N–H and O–H groups in total. The van der Waals surface area contributed by atoms with Gasteiger partial charge in [-0.15, -0.1) is 0 Å². The van der Waals surface area contributed by atoms with E-state index in [0.29, 0.717) is 44.7 Å². The molecule has 0 bridgehead atoms. The highest BCUT2D eigenvalue weighted by molar-refractivity contribution is 5.85. The van der Waals surface area contributed by atoms with E-state index >= 15 is 0 Å². The molecule has 0 radical (unpaired) electrons. The molecule has 2 amide bonds. The number of nitrogens with zero attached hydrogens (tertiary/aromatic N) is 2. The van der Waals surface area contributed by atoms with Crippen molar-refractivity contribution in [1.82, 2.24) is 15.4 Å². The Morgan fingerprint density at radius 1 is 1.12 bits per heavy atom. The van der Waals surface area contributed by atoms with Crippen molar-refractivity contribution < 1.29 is 14.1 Å². The summed E-state index contributed by atoms with van der Waals surface area (Å²) >= 11 is 0. The fourth-order valence-corrected chi connectivity index (χ4v) is 4.69. The van der Waals surface area contributed by atoms with Crippen molar-refractivity contribution in [3.8, 4) is 11.3 Å². The molecule has 1 saturated heterocycles. The summed E-state index contributed by atoms with van der Waals surface area (Å²) in [5.41, 5.74) is 3.12. The Balaban J connectivity index is 1.54. The molecular weight excluding hydrogens is 414 g/mol. The third-order valence-electron chi connectivity index (χ3n) is 6.33. The Morgan fingerprint density at radius 2 is 1.94 bits per heavy atom. The van der Waals surface area contributed by atoms with Gasteiger partial charge in [-0.25, -0.2) is 0 Å². The molecule has 0 spiro atoms. The zero-order valence-corrected chi connectivity index (χ0v) is 19.3. The second kappa shape index (κ2) is 10.0. The molecule has 1 aliphatic rings. The molecule has 0 unspecified atom stereocenters.